The van der Waals surface area contributed by atoms with Crippen LogP contribution < -0.4 is 31.1 Å². The minimum absolute atomic E-state index is 0.0438. The summed E-state index contributed by atoms with van der Waals surface area (Å²) in [5.74, 6) is 1.84. The van der Waals surface area contributed by atoms with Gasteiger partial charge in [0.05, 0.1) is 6.10 Å². The first-order valence-electron chi connectivity index (χ1n) is 22.4. The molecular weight excluding hydrogens is 765 g/mol. The molecule has 0 bridgehead atoms. The molecule has 5 heteroatoms. The summed E-state index contributed by atoms with van der Waals surface area (Å²) in [5, 5.41) is 7.71. The van der Waals surface area contributed by atoms with E-state index in [1.54, 1.807) is 0 Å². The Morgan fingerprint density at radius 1 is 0.500 bits per heavy atom. The summed E-state index contributed by atoms with van der Waals surface area (Å²) in [6, 6.07) is 66.4. The number of ketones is 1. The van der Waals surface area contributed by atoms with Crippen molar-refractivity contribution in [3.05, 3.63) is 194 Å². The molecule has 4 aliphatic carbocycles. The average Bonchev–Trinajstić information content (AvgIpc) is 3.65. The highest BCUT2D eigenvalue weighted by atomic mass is 28.4. The number of fused-ring (bicyclic) bond motifs is 5. The molecule has 6 aromatic rings. The minimum Gasteiger partial charge on any atom is -0.403 e. The Labute approximate surface area is 358 Å². The van der Waals surface area contributed by atoms with Gasteiger partial charge in [-0.05, 0) is 105 Å². The summed E-state index contributed by atoms with van der Waals surface area (Å²) in [7, 11) is -5.87. The van der Waals surface area contributed by atoms with Crippen molar-refractivity contribution in [2.45, 2.75) is 64.4 Å². The van der Waals surface area contributed by atoms with Gasteiger partial charge in [-0.2, -0.15) is 0 Å². The molecule has 0 saturated heterocycles. The van der Waals surface area contributed by atoms with E-state index in [4.69, 9.17) is 8.85 Å². The van der Waals surface area contributed by atoms with Crippen molar-refractivity contribution in [3.8, 4) is 0 Å². The van der Waals surface area contributed by atoms with Crippen molar-refractivity contribution in [3.63, 3.8) is 0 Å². The van der Waals surface area contributed by atoms with E-state index in [9.17, 15) is 4.79 Å². The van der Waals surface area contributed by atoms with Crippen LogP contribution >= 0.6 is 0 Å². The number of rotatable bonds is 11. The summed E-state index contributed by atoms with van der Waals surface area (Å²) in [6.45, 7) is 3.22. The lowest BCUT2D eigenvalue weighted by atomic mass is 9.47. The first-order chi connectivity index (χ1) is 29.5. The molecular formula is C55H56O3Si2. The highest BCUT2D eigenvalue weighted by Gasteiger charge is 2.62. The van der Waals surface area contributed by atoms with E-state index < -0.39 is 16.6 Å². The first kappa shape index (κ1) is 39.2. The molecule has 3 saturated carbocycles. The van der Waals surface area contributed by atoms with E-state index in [-0.39, 0.29) is 22.7 Å². The maximum atomic E-state index is 13.3. The predicted molar refractivity (Wildman–Crippen MR) is 250 cm³/mol. The molecule has 0 aliphatic heterocycles. The van der Waals surface area contributed by atoms with Crippen LogP contribution in [-0.4, -0.2) is 35.1 Å². The van der Waals surface area contributed by atoms with E-state index in [1.807, 2.05) is 0 Å². The Morgan fingerprint density at radius 2 is 0.933 bits per heavy atom. The maximum Gasteiger partial charge on any atom is 0.288 e. The third-order valence-electron chi connectivity index (χ3n) is 15.5. The van der Waals surface area contributed by atoms with Crippen LogP contribution in [0.4, 0.5) is 0 Å². The van der Waals surface area contributed by atoms with Gasteiger partial charge in [0.2, 0.25) is 0 Å². The second kappa shape index (κ2) is 16.2. The molecule has 6 atom stereocenters. The quantitative estimate of drug-likeness (QED) is 0.0977. The van der Waals surface area contributed by atoms with Crippen molar-refractivity contribution in [2.24, 2.45) is 28.6 Å². The molecule has 0 aromatic heterocycles. The standard InChI is InChI=1S/C55H56O3Si2/c1-54-38-37-52-50(51(54)34-35-53(54)58-60(47-26-14-5-15-27-47,48-28-16-6-17-29-48)49-30-18-7-19-31-49)33-32-42-40-43(56)36-39-55(42,52)41-57-59(44-20-8-2-9-21-44,45-22-10-3-11-23-45)46-24-12-4-13-25-46/h2-31,40,50-53H,32-39,41H2,1H3/t50-,51-,52+,53?,54-,55+/m0/s1. The molecule has 3 nitrogen and oxygen atoms in total. The van der Waals surface area contributed by atoms with Crippen molar-refractivity contribution in [1.29, 1.82) is 0 Å². The largest absolute Gasteiger partial charge is 0.403 e. The molecule has 302 valence electrons. The van der Waals surface area contributed by atoms with E-state index >= 15 is 0 Å². The Morgan fingerprint density at radius 3 is 1.38 bits per heavy atom. The van der Waals surface area contributed by atoms with Gasteiger partial charge in [0.25, 0.3) is 16.6 Å². The van der Waals surface area contributed by atoms with Crippen LogP contribution in [0.15, 0.2) is 194 Å². The van der Waals surface area contributed by atoms with Crippen LogP contribution in [0.3, 0.4) is 0 Å². The number of benzene rings is 6. The van der Waals surface area contributed by atoms with Gasteiger partial charge in [-0.15, -0.1) is 0 Å². The third-order valence-corrected chi connectivity index (χ3v) is 23.6. The zero-order chi connectivity index (χ0) is 40.6. The SMILES string of the molecule is C[C@]12CC[C@@H]3[C@@H](CCC4=CC(=O)CC[C@@]43CO[Si](c3ccccc3)(c3ccccc3)c3ccccc3)[C@@H]1CCC2O[Si](c1ccccc1)(c1ccccc1)c1ccccc1. The van der Waals surface area contributed by atoms with Crippen LogP contribution in [0, 0.1) is 28.6 Å². The van der Waals surface area contributed by atoms with Gasteiger partial charge in [0, 0.05) is 18.4 Å². The number of hydrogen-bond donors (Lipinski definition) is 0. The topological polar surface area (TPSA) is 35.5 Å². The highest BCUT2D eigenvalue weighted by molar-refractivity contribution is 7.07. The third kappa shape index (κ3) is 6.48. The van der Waals surface area contributed by atoms with Crippen LogP contribution in [-0.2, 0) is 13.6 Å². The molecule has 6 aromatic carbocycles. The highest BCUT2D eigenvalue weighted by Crippen LogP contribution is 2.66. The Balaban J connectivity index is 1.03. The number of hydrogen-bond acceptors (Lipinski definition) is 3. The van der Waals surface area contributed by atoms with E-state index in [0.29, 0.717) is 30.8 Å². The normalized spacial score (nSPS) is 26.4. The zero-order valence-corrected chi connectivity index (χ0v) is 36.8. The second-order valence-electron chi connectivity index (χ2n) is 18.3. The average molecular weight is 821 g/mol. The number of carbonyl (C=O) groups excluding carboxylic acids is 1. The van der Waals surface area contributed by atoms with Gasteiger partial charge in [-0.3, -0.25) is 4.79 Å². The minimum atomic E-state index is -2.97. The van der Waals surface area contributed by atoms with Crippen molar-refractivity contribution in [2.75, 3.05) is 6.61 Å². The molecule has 0 amide bonds. The van der Waals surface area contributed by atoms with Gasteiger partial charge in [0.15, 0.2) is 5.78 Å². The second-order valence-corrected chi connectivity index (χ2v) is 25.0. The molecule has 3 fully saturated rings. The lowest BCUT2D eigenvalue weighted by molar-refractivity contribution is -0.119. The summed E-state index contributed by atoms with van der Waals surface area (Å²) in [4.78, 5) is 13.3. The van der Waals surface area contributed by atoms with Gasteiger partial charge in [-0.1, -0.05) is 194 Å². The van der Waals surface area contributed by atoms with Crippen molar-refractivity contribution < 1.29 is 13.6 Å². The summed E-state index contributed by atoms with van der Waals surface area (Å²) in [5.41, 5.74) is 1.22. The molecule has 0 spiro atoms. The Bertz CT molecular complexity index is 2230. The molecule has 1 unspecified atom stereocenters. The summed E-state index contributed by atoms with van der Waals surface area (Å²) in [6.07, 6.45) is 10.3. The monoisotopic (exact) mass is 820 g/mol. The van der Waals surface area contributed by atoms with Gasteiger partial charge in [0.1, 0.15) is 0 Å². The number of carbonyl (C=O) groups is 1. The Hall–Kier alpha value is -4.92. The molecule has 60 heavy (non-hydrogen) atoms. The van der Waals surface area contributed by atoms with Crippen LogP contribution in [0.1, 0.15) is 58.3 Å². The zero-order valence-electron chi connectivity index (χ0n) is 34.8. The van der Waals surface area contributed by atoms with Crippen molar-refractivity contribution in [1.82, 2.24) is 0 Å². The van der Waals surface area contributed by atoms with Gasteiger partial charge >= 0.3 is 0 Å². The van der Waals surface area contributed by atoms with Crippen LogP contribution in [0.25, 0.3) is 0 Å². The molecule has 0 radical (unpaired) electrons. The summed E-state index contributed by atoms with van der Waals surface area (Å²) >= 11 is 0. The van der Waals surface area contributed by atoms with Gasteiger partial charge in [-0.25, -0.2) is 0 Å². The predicted octanol–water partition coefficient (Wildman–Crippen LogP) is 8.23. The van der Waals surface area contributed by atoms with Crippen LogP contribution in [0.2, 0.25) is 0 Å². The molecule has 0 N–H and O–H groups in total. The van der Waals surface area contributed by atoms with E-state index in [1.165, 1.54) is 43.1 Å². The Kier molecular flexibility index (Phi) is 10.6. The van der Waals surface area contributed by atoms with Crippen molar-refractivity contribution >= 4 is 53.5 Å². The molecule has 10 rings (SSSR count). The fourth-order valence-electron chi connectivity index (χ4n) is 12.7. The van der Waals surface area contributed by atoms with E-state index in [0.717, 1.165) is 38.5 Å². The summed E-state index contributed by atoms with van der Waals surface area (Å²) < 4.78 is 16.0. The fourth-order valence-corrected chi connectivity index (χ4v) is 20.9. The fraction of sp³-hybridized carbons (Fsp3) is 0.291. The van der Waals surface area contributed by atoms with Crippen LogP contribution in [0.5, 0.6) is 0 Å². The maximum absolute atomic E-state index is 13.3. The lowest BCUT2D eigenvalue weighted by Gasteiger charge is -2.59. The first-order valence-corrected chi connectivity index (χ1v) is 26.2. The molecule has 0 heterocycles. The molecule has 4 aliphatic rings. The van der Waals surface area contributed by atoms with Gasteiger partial charge < -0.3 is 8.85 Å². The smallest absolute Gasteiger partial charge is 0.288 e. The van der Waals surface area contributed by atoms with E-state index in [2.05, 4.69) is 195 Å². The lowest BCUT2D eigenvalue weighted by Crippen LogP contribution is -2.71.